The molecule has 0 fully saturated rings. The summed E-state index contributed by atoms with van der Waals surface area (Å²) in [4.78, 5) is 2.34. The molecular weight excluding hydrogens is 597 g/mol. The number of rotatable bonds is 5. The third-order valence-corrected chi connectivity index (χ3v) is 9.80. The monoisotopic (exact) mass is 626 g/mol. The molecule has 2 aromatic heterocycles. The van der Waals surface area contributed by atoms with Gasteiger partial charge < -0.3 is 13.9 Å². The molecule has 230 valence electrons. The predicted octanol–water partition coefficient (Wildman–Crippen LogP) is 13.0. The Morgan fingerprint density at radius 3 is 1.73 bits per heavy atom. The van der Waals surface area contributed by atoms with Gasteiger partial charge >= 0.3 is 0 Å². The van der Waals surface area contributed by atoms with Crippen LogP contribution in [0.1, 0.15) is 0 Å². The molecule has 0 spiro atoms. The number of fused-ring (bicyclic) bond motifs is 7. The van der Waals surface area contributed by atoms with Crippen LogP contribution in [0.15, 0.2) is 186 Å². The lowest BCUT2D eigenvalue weighted by Gasteiger charge is -2.27. The molecule has 0 bridgehead atoms. The molecule has 0 N–H and O–H groups in total. The molecule has 0 aliphatic carbocycles. The molecule has 0 saturated heterocycles. The lowest BCUT2D eigenvalue weighted by Crippen LogP contribution is -2.11. The molecule has 0 amide bonds. The van der Waals surface area contributed by atoms with Gasteiger partial charge in [0.1, 0.15) is 5.58 Å². The highest BCUT2D eigenvalue weighted by Crippen LogP contribution is 2.46. The average molecular weight is 627 g/mol. The first-order valence-corrected chi connectivity index (χ1v) is 16.7. The van der Waals surface area contributed by atoms with Crippen molar-refractivity contribution in [3.63, 3.8) is 0 Å². The third-order valence-electron chi connectivity index (χ3n) is 9.80. The lowest BCUT2D eigenvalue weighted by atomic mass is 9.95. The molecule has 0 saturated carbocycles. The van der Waals surface area contributed by atoms with Crippen LogP contribution < -0.4 is 4.90 Å². The average Bonchev–Trinajstić information content (AvgIpc) is 3.72. The minimum atomic E-state index is 0.873. The Labute approximate surface area is 283 Å². The molecule has 3 heteroatoms. The van der Waals surface area contributed by atoms with E-state index in [1.54, 1.807) is 0 Å². The fourth-order valence-corrected chi connectivity index (χ4v) is 7.68. The Morgan fingerprint density at radius 1 is 0.367 bits per heavy atom. The van der Waals surface area contributed by atoms with Crippen LogP contribution in [0.3, 0.4) is 0 Å². The summed E-state index contributed by atoms with van der Waals surface area (Å²) < 4.78 is 9.01. The van der Waals surface area contributed by atoms with Crippen LogP contribution in [0.4, 0.5) is 17.1 Å². The van der Waals surface area contributed by atoms with Crippen molar-refractivity contribution in [3.05, 3.63) is 182 Å². The summed E-state index contributed by atoms with van der Waals surface area (Å²) in [7, 11) is 0. The first kappa shape index (κ1) is 27.5. The van der Waals surface area contributed by atoms with Crippen molar-refractivity contribution < 1.29 is 4.42 Å². The van der Waals surface area contributed by atoms with Crippen LogP contribution in [0, 0.1) is 0 Å². The molecule has 0 radical (unpaired) electrons. The van der Waals surface area contributed by atoms with E-state index in [1.807, 2.05) is 12.1 Å². The number of hydrogen-bond donors (Lipinski definition) is 0. The lowest BCUT2D eigenvalue weighted by molar-refractivity contribution is 0.669. The number of furan rings is 1. The maximum absolute atomic E-state index is 6.60. The summed E-state index contributed by atoms with van der Waals surface area (Å²) in [5.41, 5.74) is 10.9. The fraction of sp³-hybridized carbons (Fsp3) is 0. The van der Waals surface area contributed by atoms with Gasteiger partial charge in [0, 0.05) is 38.2 Å². The minimum absolute atomic E-state index is 0.873. The van der Waals surface area contributed by atoms with E-state index >= 15 is 0 Å². The van der Waals surface area contributed by atoms with Gasteiger partial charge in [-0.15, -0.1) is 0 Å². The van der Waals surface area contributed by atoms with Crippen molar-refractivity contribution >= 4 is 71.6 Å². The summed E-state index contributed by atoms with van der Waals surface area (Å²) in [5, 5.41) is 7.09. The van der Waals surface area contributed by atoms with Crippen LogP contribution in [0.2, 0.25) is 0 Å². The second kappa shape index (κ2) is 11.0. The van der Waals surface area contributed by atoms with E-state index in [1.165, 1.54) is 38.3 Å². The van der Waals surface area contributed by atoms with Gasteiger partial charge in [-0.1, -0.05) is 133 Å². The van der Waals surface area contributed by atoms with E-state index in [4.69, 9.17) is 4.42 Å². The number of aromatic nitrogens is 1. The number of hydrogen-bond acceptors (Lipinski definition) is 2. The summed E-state index contributed by atoms with van der Waals surface area (Å²) in [6.07, 6.45) is 0. The van der Waals surface area contributed by atoms with E-state index in [0.717, 1.165) is 50.1 Å². The van der Waals surface area contributed by atoms with E-state index in [2.05, 4.69) is 179 Å². The molecule has 0 atom stereocenters. The van der Waals surface area contributed by atoms with E-state index in [0.29, 0.717) is 0 Å². The minimum Gasteiger partial charge on any atom is -0.454 e. The maximum atomic E-state index is 6.60. The number of nitrogens with zero attached hydrogens (tertiary/aromatic N) is 2. The van der Waals surface area contributed by atoms with Gasteiger partial charge in [0.25, 0.3) is 0 Å². The van der Waals surface area contributed by atoms with Gasteiger partial charge in [-0.25, -0.2) is 0 Å². The molecule has 49 heavy (non-hydrogen) atoms. The van der Waals surface area contributed by atoms with Crippen molar-refractivity contribution in [2.75, 3.05) is 4.90 Å². The van der Waals surface area contributed by atoms with Crippen LogP contribution in [-0.2, 0) is 0 Å². The van der Waals surface area contributed by atoms with Crippen LogP contribution in [0.25, 0.3) is 71.3 Å². The summed E-state index contributed by atoms with van der Waals surface area (Å²) in [6, 6.07) is 64.9. The third kappa shape index (κ3) is 4.23. The number of para-hydroxylation sites is 6. The summed E-state index contributed by atoms with van der Waals surface area (Å²) >= 11 is 0. The first-order chi connectivity index (χ1) is 24.3. The van der Waals surface area contributed by atoms with Crippen molar-refractivity contribution in [2.24, 2.45) is 0 Å². The zero-order valence-electron chi connectivity index (χ0n) is 26.6. The Bertz CT molecular complexity index is 2790. The molecule has 10 rings (SSSR count). The van der Waals surface area contributed by atoms with Gasteiger partial charge in [0.05, 0.1) is 28.1 Å². The highest BCUT2D eigenvalue weighted by atomic mass is 16.3. The molecule has 0 aliphatic heterocycles. The molecule has 10 aromatic rings. The van der Waals surface area contributed by atoms with E-state index in [-0.39, 0.29) is 0 Å². The largest absolute Gasteiger partial charge is 0.454 e. The molecule has 0 aliphatic rings. The van der Waals surface area contributed by atoms with Gasteiger partial charge in [-0.2, -0.15) is 0 Å². The highest BCUT2D eigenvalue weighted by molar-refractivity contribution is 6.14. The SMILES string of the molecule is c1ccc(N(c2ccc(-c3ccccc3-n3c4ccccc4c4ccccc43)c3ccccc23)c2cccc3c2oc2ccccc23)cc1. The zero-order chi connectivity index (χ0) is 32.3. The van der Waals surface area contributed by atoms with Crippen molar-refractivity contribution in [1.82, 2.24) is 4.57 Å². The first-order valence-electron chi connectivity index (χ1n) is 16.7. The molecule has 3 nitrogen and oxygen atoms in total. The van der Waals surface area contributed by atoms with Gasteiger partial charge in [0.2, 0.25) is 0 Å². The van der Waals surface area contributed by atoms with Gasteiger partial charge in [-0.05, 0) is 59.5 Å². The zero-order valence-corrected chi connectivity index (χ0v) is 26.6. The normalized spacial score (nSPS) is 11.7. The van der Waals surface area contributed by atoms with E-state index < -0.39 is 0 Å². The topological polar surface area (TPSA) is 21.3 Å². The summed E-state index contributed by atoms with van der Waals surface area (Å²) in [6.45, 7) is 0. The van der Waals surface area contributed by atoms with Crippen LogP contribution in [0.5, 0.6) is 0 Å². The number of anilines is 3. The second-order valence-electron chi connectivity index (χ2n) is 12.5. The number of benzene rings is 8. The Morgan fingerprint density at radius 2 is 0.959 bits per heavy atom. The molecule has 2 heterocycles. The van der Waals surface area contributed by atoms with Crippen LogP contribution >= 0.6 is 0 Å². The van der Waals surface area contributed by atoms with Gasteiger partial charge in [0.15, 0.2) is 5.58 Å². The quantitative estimate of drug-likeness (QED) is 0.190. The summed E-state index contributed by atoms with van der Waals surface area (Å²) in [5.74, 6) is 0. The Kier molecular flexibility index (Phi) is 6.18. The Hall–Kier alpha value is -6.58. The Balaban J connectivity index is 1.23. The van der Waals surface area contributed by atoms with Crippen molar-refractivity contribution in [1.29, 1.82) is 0 Å². The fourth-order valence-electron chi connectivity index (χ4n) is 7.68. The van der Waals surface area contributed by atoms with Crippen molar-refractivity contribution in [3.8, 4) is 16.8 Å². The molecular formula is C46H30N2O. The highest BCUT2D eigenvalue weighted by Gasteiger charge is 2.23. The van der Waals surface area contributed by atoms with Gasteiger partial charge in [-0.3, -0.25) is 0 Å². The smallest absolute Gasteiger partial charge is 0.159 e. The van der Waals surface area contributed by atoms with Crippen molar-refractivity contribution in [2.45, 2.75) is 0 Å². The molecule has 8 aromatic carbocycles. The molecule has 0 unspecified atom stereocenters. The maximum Gasteiger partial charge on any atom is 0.159 e. The van der Waals surface area contributed by atoms with Crippen LogP contribution in [-0.4, -0.2) is 4.57 Å². The standard InChI is InChI=1S/C46H30N2O/c1-2-15-31(16-3-1)47(44-27-14-23-39-38-22-9-13-28-45(38)49-46(39)44)43-30-29-33(32-17-4-5-18-34(32)43)35-19-6-10-24-40(35)48-41-25-11-7-20-36(41)37-21-8-12-26-42(37)48/h1-30H. The predicted molar refractivity (Wildman–Crippen MR) is 206 cm³/mol. The second-order valence-corrected chi connectivity index (χ2v) is 12.5. The van der Waals surface area contributed by atoms with E-state index in [9.17, 15) is 0 Å².